The number of hydrogen-bond donors (Lipinski definition) is 1. The second-order valence-electron chi connectivity index (χ2n) is 7.72. The summed E-state index contributed by atoms with van der Waals surface area (Å²) in [6, 6.07) is 8.12. The van der Waals surface area contributed by atoms with Gasteiger partial charge in [-0.25, -0.2) is 0 Å². The van der Waals surface area contributed by atoms with Crippen molar-refractivity contribution >= 4 is 11.9 Å². The summed E-state index contributed by atoms with van der Waals surface area (Å²) in [5, 5.41) is 9.11. The maximum Gasteiger partial charge on any atom is 0.416 e. The lowest BCUT2D eigenvalue weighted by atomic mass is 9.94. The fourth-order valence-corrected chi connectivity index (χ4v) is 3.29. The maximum absolute atomic E-state index is 13.4. The standard InChI is InChI=1S/C23H27F3N2O4/c1-15(29)28(10-9-27(2)3)14-17-13-18(23(24,25)26)6-7-19(17)20-11-16(12-22(30)31)5-8-21(20)32-4/h5-8,11,13H,9-10,12,14H2,1-4H3,(H,30,31). The molecule has 0 bridgehead atoms. The van der Waals surface area contributed by atoms with Crippen LogP contribution >= 0.6 is 0 Å². The third kappa shape index (κ3) is 6.71. The van der Waals surface area contributed by atoms with Crippen molar-refractivity contribution in [3.8, 4) is 16.9 Å². The van der Waals surface area contributed by atoms with E-state index in [1.54, 1.807) is 18.2 Å². The van der Waals surface area contributed by atoms with Gasteiger partial charge >= 0.3 is 12.1 Å². The molecule has 0 aliphatic rings. The smallest absolute Gasteiger partial charge is 0.416 e. The molecule has 174 valence electrons. The van der Waals surface area contributed by atoms with Crippen molar-refractivity contribution in [2.45, 2.75) is 26.1 Å². The summed E-state index contributed by atoms with van der Waals surface area (Å²) < 4.78 is 45.7. The summed E-state index contributed by atoms with van der Waals surface area (Å²) in [5.74, 6) is -0.898. The van der Waals surface area contributed by atoms with Gasteiger partial charge in [0.2, 0.25) is 5.91 Å². The summed E-state index contributed by atoms with van der Waals surface area (Å²) in [5.41, 5.74) is 0.854. The second kappa shape index (κ2) is 10.5. The largest absolute Gasteiger partial charge is 0.496 e. The average Bonchev–Trinajstić information content (AvgIpc) is 2.69. The molecule has 0 heterocycles. The molecule has 1 N–H and O–H groups in total. The lowest BCUT2D eigenvalue weighted by Crippen LogP contribution is -2.35. The molecule has 0 saturated carbocycles. The van der Waals surface area contributed by atoms with Gasteiger partial charge in [0.1, 0.15) is 5.75 Å². The van der Waals surface area contributed by atoms with E-state index in [0.717, 1.165) is 12.1 Å². The van der Waals surface area contributed by atoms with Crippen molar-refractivity contribution in [3.05, 3.63) is 53.1 Å². The molecule has 1 amide bonds. The number of aliphatic carboxylic acids is 1. The first-order valence-electron chi connectivity index (χ1n) is 9.91. The second-order valence-corrected chi connectivity index (χ2v) is 7.72. The monoisotopic (exact) mass is 452 g/mol. The lowest BCUT2D eigenvalue weighted by molar-refractivity contribution is -0.138. The number of carboxylic acid groups (broad SMARTS) is 1. The number of amides is 1. The van der Waals surface area contributed by atoms with Gasteiger partial charge in [-0.2, -0.15) is 13.2 Å². The minimum atomic E-state index is -4.55. The molecule has 0 fully saturated rings. The molecular weight excluding hydrogens is 425 g/mol. The first-order valence-corrected chi connectivity index (χ1v) is 9.91. The number of benzene rings is 2. The van der Waals surface area contributed by atoms with Crippen LogP contribution in [0, 0.1) is 0 Å². The number of rotatable bonds is 9. The van der Waals surface area contributed by atoms with Crippen molar-refractivity contribution in [1.29, 1.82) is 0 Å². The minimum Gasteiger partial charge on any atom is -0.496 e. The predicted molar refractivity (Wildman–Crippen MR) is 114 cm³/mol. The molecule has 32 heavy (non-hydrogen) atoms. The van der Waals surface area contributed by atoms with Crippen LogP contribution in [0.4, 0.5) is 13.2 Å². The summed E-state index contributed by atoms with van der Waals surface area (Å²) in [6.07, 6.45) is -4.79. The van der Waals surface area contributed by atoms with Crippen molar-refractivity contribution in [1.82, 2.24) is 9.80 Å². The van der Waals surface area contributed by atoms with E-state index in [4.69, 9.17) is 9.84 Å². The van der Waals surface area contributed by atoms with E-state index < -0.39 is 17.7 Å². The summed E-state index contributed by atoms with van der Waals surface area (Å²) >= 11 is 0. The predicted octanol–water partition coefficient (Wildman–Crippen LogP) is 3.92. The number of carboxylic acids is 1. The van der Waals surface area contributed by atoms with Gasteiger partial charge in [-0.3, -0.25) is 9.59 Å². The molecule has 9 heteroatoms. The topological polar surface area (TPSA) is 70.1 Å². The van der Waals surface area contributed by atoms with Crippen molar-refractivity contribution in [2.75, 3.05) is 34.3 Å². The Labute approximate surface area is 185 Å². The Bertz CT molecular complexity index is 974. The van der Waals surface area contributed by atoms with Crippen LogP contribution in [0.1, 0.15) is 23.6 Å². The van der Waals surface area contributed by atoms with E-state index in [2.05, 4.69) is 0 Å². The van der Waals surface area contributed by atoms with Crippen LogP contribution in [0.3, 0.4) is 0 Å². The number of carbonyl (C=O) groups is 2. The zero-order valence-electron chi connectivity index (χ0n) is 18.5. The van der Waals surface area contributed by atoms with E-state index >= 15 is 0 Å². The SMILES string of the molecule is COc1ccc(CC(=O)O)cc1-c1ccc(C(F)(F)F)cc1CN(CCN(C)C)C(C)=O. The molecule has 0 unspecified atom stereocenters. The van der Waals surface area contributed by atoms with E-state index in [1.165, 1.54) is 25.0 Å². The number of methoxy groups -OCH3 is 1. The Balaban J connectivity index is 2.62. The normalized spacial score (nSPS) is 11.5. The van der Waals surface area contributed by atoms with E-state index in [1.807, 2.05) is 19.0 Å². The molecule has 0 saturated heterocycles. The Morgan fingerprint density at radius 1 is 1.03 bits per heavy atom. The first kappa shape index (κ1) is 25.2. The molecule has 6 nitrogen and oxygen atoms in total. The van der Waals surface area contributed by atoms with Crippen LogP contribution in [0.5, 0.6) is 5.75 Å². The molecule has 2 aromatic carbocycles. The summed E-state index contributed by atoms with van der Waals surface area (Å²) in [7, 11) is 5.11. The van der Waals surface area contributed by atoms with E-state index in [9.17, 15) is 22.8 Å². The van der Waals surface area contributed by atoms with Crippen molar-refractivity contribution in [3.63, 3.8) is 0 Å². The van der Waals surface area contributed by atoms with Gasteiger partial charge in [0.05, 0.1) is 19.1 Å². The van der Waals surface area contributed by atoms with Crippen molar-refractivity contribution in [2.24, 2.45) is 0 Å². The molecule has 2 rings (SSSR count). The van der Waals surface area contributed by atoms with Crippen LogP contribution in [0.15, 0.2) is 36.4 Å². The molecule has 0 spiro atoms. The third-order valence-electron chi connectivity index (χ3n) is 4.97. The molecule has 0 aromatic heterocycles. The highest BCUT2D eigenvalue weighted by Gasteiger charge is 2.31. The fourth-order valence-electron chi connectivity index (χ4n) is 3.29. The first-order chi connectivity index (χ1) is 14.9. The zero-order valence-corrected chi connectivity index (χ0v) is 18.5. The van der Waals surface area contributed by atoms with E-state index in [-0.39, 0.29) is 18.9 Å². The molecule has 0 atom stereocenters. The molecule has 0 aliphatic heterocycles. The fraction of sp³-hybridized carbons (Fsp3) is 0.391. The molecule has 0 radical (unpaired) electrons. The summed E-state index contributed by atoms with van der Waals surface area (Å²) in [6.45, 7) is 2.23. The number of carbonyl (C=O) groups excluding carboxylic acids is 1. The molecule has 0 aliphatic carbocycles. The van der Waals surface area contributed by atoms with Gasteiger partial charge < -0.3 is 19.6 Å². The Morgan fingerprint density at radius 2 is 1.72 bits per heavy atom. The number of alkyl halides is 3. The number of ether oxygens (including phenoxy) is 1. The van der Waals surface area contributed by atoms with Crippen molar-refractivity contribution < 1.29 is 32.6 Å². The average molecular weight is 452 g/mol. The summed E-state index contributed by atoms with van der Waals surface area (Å²) in [4.78, 5) is 26.7. The van der Waals surface area contributed by atoms with Crippen LogP contribution in [0.2, 0.25) is 0 Å². The molecular formula is C23H27F3N2O4. The Kier molecular flexibility index (Phi) is 8.26. The Morgan fingerprint density at radius 3 is 2.25 bits per heavy atom. The highest BCUT2D eigenvalue weighted by Crippen LogP contribution is 2.38. The molecule has 2 aromatic rings. The van der Waals surface area contributed by atoms with Gasteiger partial charge in [-0.15, -0.1) is 0 Å². The van der Waals surface area contributed by atoms with Gasteiger partial charge in [0, 0.05) is 32.1 Å². The highest BCUT2D eigenvalue weighted by atomic mass is 19.4. The maximum atomic E-state index is 13.4. The van der Waals surface area contributed by atoms with Crippen LogP contribution in [-0.4, -0.2) is 61.1 Å². The third-order valence-corrected chi connectivity index (χ3v) is 4.97. The Hall–Kier alpha value is -3.07. The van der Waals surface area contributed by atoms with Gasteiger partial charge in [-0.1, -0.05) is 12.1 Å². The van der Waals surface area contributed by atoms with Crippen LogP contribution in [0.25, 0.3) is 11.1 Å². The quantitative estimate of drug-likeness (QED) is 0.625. The number of hydrogen-bond acceptors (Lipinski definition) is 4. The number of halogens is 3. The number of likely N-dealkylation sites (N-methyl/N-ethyl adjacent to an activating group) is 1. The van der Waals surface area contributed by atoms with Gasteiger partial charge in [-0.05, 0) is 55.1 Å². The lowest BCUT2D eigenvalue weighted by Gasteiger charge is -2.25. The van der Waals surface area contributed by atoms with Crippen LogP contribution < -0.4 is 4.74 Å². The zero-order chi connectivity index (χ0) is 24.1. The van der Waals surface area contributed by atoms with Gasteiger partial charge in [0.15, 0.2) is 0 Å². The van der Waals surface area contributed by atoms with Gasteiger partial charge in [0.25, 0.3) is 0 Å². The minimum absolute atomic E-state index is 0.0330. The van der Waals surface area contributed by atoms with Crippen LogP contribution in [-0.2, 0) is 28.7 Å². The van der Waals surface area contributed by atoms with E-state index in [0.29, 0.717) is 41.1 Å². The number of nitrogens with zero attached hydrogens (tertiary/aromatic N) is 2. The highest BCUT2D eigenvalue weighted by molar-refractivity contribution is 5.78.